The molecule has 0 fully saturated rings. The van der Waals surface area contributed by atoms with Crippen molar-refractivity contribution < 1.29 is 0 Å². The minimum absolute atomic E-state index is 0.0624. The second-order valence-electron chi connectivity index (χ2n) is 7.41. The molecule has 2 nitrogen and oxygen atoms in total. The van der Waals surface area contributed by atoms with Gasteiger partial charge in [0.05, 0.1) is 5.69 Å². The fourth-order valence-corrected chi connectivity index (χ4v) is 2.92. The van der Waals surface area contributed by atoms with Crippen LogP contribution in [-0.2, 0) is 11.8 Å². The number of rotatable bonds is 6. The highest BCUT2D eigenvalue weighted by atomic mass is 15.1. The summed E-state index contributed by atoms with van der Waals surface area (Å²) in [5.74, 6) is 0.535. The van der Waals surface area contributed by atoms with Gasteiger partial charge in [0.15, 0.2) is 0 Å². The van der Waals surface area contributed by atoms with Crippen LogP contribution in [0.5, 0.6) is 0 Å². The molecular formula is C23H30N2. The van der Waals surface area contributed by atoms with E-state index in [-0.39, 0.29) is 5.41 Å². The van der Waals surface area contributed by atoms with Gasteiger partial charge >= 0.3 is 0 Å². The van der Waals surface area contributed by atoms with Crippen LogP contribution in [0.2, 0.25) is 0 Å². The molecule has 2 aromatic carbocycles. The Bertz CT molecular complexity index is 750. The van der Waals surface area contributed by atoms with E-state index in [1.54, 1.807) is 0 Å². The van der Waals surface area contributed by atoms with Gasteiger partial charge in [0.25, 0.3) is 0 Å². The molecule has 0 saturated carbocycles. The molecule has 0 aromatic heterocycles. The average molecular weight is 335 g/mol. The molecule has 0 amide bonds. The molecule has 2 rings (SSSR count). The monoisotopic (exact) mass is 334 g/mol. The summed E-state index contributed by atoms with van der Waals surface area (Å²) in [6.07, 6.45) is 2.93. The lowest BCUT2D eigenvalue weighted by Crippen LogP contribution is -2.20. The molecule has 25 heavy (non-hydrogen) atoms. The third-order valence-corrected chi connectivity index (χ3v) is 5.04. The predicted molar refractivity (Wildman–Crippen MR) is 108 cm³/mol. The molecule has 0 N–H and O–H groups in total. The fraction of sp³-hybridized carbons (Fsp3) is 0.391. The van der Waals surface area contributed by atoms with Crippen LogP contribution >= 0.6 is 0 Å². The molecule has 0 aliphatic heterocycles. The van der Waals surface area contributed by atoms with Gasteiger partial charge < -0.3 is 0 Å². The van der Waals surface area contributed by atoms with Crippen LogP contribution in [0, 0.1) is 0 Å². The third kappa shape index (κ3) is 4.66. The number of hydrogen-bond acceptors (Lipinski definition) is 2. The third-order valence-electron chi connectivity index (χ3n) is 5.04. The lowest BCUT2D eigenvalue weighted by atomic mass is 9.76. The van der Waals surface area contributed by atoms with Gasteiger partial charge in [-0.1, -0.05) is 71.0 Å². The van der Waals surface area contributed by atoms with Crippen molar-refractivity contribution in [2.24, 2.45) is 10.2 Å². The zero-order valence-corrected chi connectivity index (χ0v) is 16.4. The van der Waals surface area contributed by atoms with Crippen LogP contribution in [0.15, 0.2) is 70.5 Å². The van der Waals surface area contributed by atoms with E-state index in [1.165, 1.54) is 22.3 Å². The summed E-state index contributed by atoms with van der Waals surface area (Å²) >= 11 is 0. The molecule has 0 saturated heterocycles. The number of hydrogen-bond donors (Lipinski definition) is 0. The highest BCUT2D eigenvalue weighted by Gasteiger charge is 2.24. The molecule has 2 aromatic rings. The van der Waals surface area contributed by atoms with E-state index < -0.39 is 0 Å². The Morgan fingerprint density at radius 1 is 1.04 bits per heavy atom. The van der Waals surface area contributed by atoms with E-state index in [2.05, 4.69) is 88.2 Å². The zero-order valence-electron chi connectivity index (χ0n) is 16.4. The normalized spacial score (nSPS) is 13.0. The quantitative estimate of drug-likeness (QED) is 0.494. The Labute approximate surface area is 152 Å². The van der Waals surface area contributed by atoms with Gasteiger partial charge in [0.2, 0.25) is 0 Å². The topological polar surface area (TPSA) is 24.7 Å². The predicted octanol–water partition coefficient (Wildman–Crippen LogP) is 7.34. The number of benzene rings is 2. The summed E-state index contributed by atoms with van der Waals surface area (Å²) in [5, 5.41) is 8.67. The summed E-state index contributed by atoms with van der Waals surface area (Å²) in [5.41, 5.74) is 6.11. The van der Waals surface area contributed by atoms with Crippen molar-refractivity contribution in [2.45, 2.75) is 59.3 Å². The van der Waals surface area contributed by atoms with Crippen molar-refractivity contribution in [1.82, 2.24) is 0 Å². The Hall–Kier alpha value is -2.22. The molecule has 2 heteroatoms. The lowest BCUT2D eigenvalue weighted by Gasteiger charge is -2.28. The molecule has 0 bridgehead atoms. The second kappa shape index (κ2) is 8.24. The Kier molecular flexibility index (Phi) is 6.30. The smallest absolute Gasteiger partial charge is 0.0857 e. The number of nitrogens with zero attached hydrogens (tertiary/aromatic N) is 2. The summed E-state index contributed by atoms with van der Waals surface area (Å²) in [6.45, 7) is 13.2. The van der Waals surface area contributed by atoms with Crippen molar-refractivity contribution >= 4 is 5.69 Å². The van der Waals surface area contributed by atoms with E-state index >= 15 is 0 Å². The van der Waals surface area contributed by atoms with Gasteiger partial charge in [-0.2, -0.15) is 10.2 Å². The molecule has 0 aliphatic rings. The molecule has 0 heterocycles. The first-order valence-electron chi connectivity index (χ1n) is 9.12. The Morgan fingerprint density at radius 2 is 1.68 bits per heavy atom. The van der Waals surface area contributed by atoms with E-state index in [0.717, 1.165) is 12.1 Å². The van der Waals surface area contributed by atoms with Crippen LogP contribution < -0.4 is 0 Å². The van der Waals surface area contributed by atoms with E-state index in [9.17, 15) is 0 Å². The highest BCUT2D eigenvalue weighted by Crippen LogP contribution is 2.34. The van der Waals surface area contributed by atoms with Crippen LogP contribution in [-0.4, -0.2) is 0 Å². The van der Waals surface area contributed by atoms with Crippen molar-refractivity contribution in [3.8, 4) is 0 Å². The standard InChI is InChI=1S/C23H30N2/c1-7-19-10-8-9-11-22(19)23(5,6)18(4)16-24-25-21-14-12-20(13-15-21)17(2)3/h8-17H,7H2,1-6H3/b18-16-,25-24?. The summed E-state index contributed by atoms with van der Waals surface area (Å²) < 4.78 is 0. The van der Waals surface area contributed by atoms with Gasteiger partial charge in [-0.25, -0.2) is 0 Å². The fourth-order valence-electron chi connectivity index (χ4n) is 2.92. The molecular weight excluding hydrogens is 304 g/mol. The van der Waals surface area contributed by atoms with Crippen LogP contribution in [0.3, 0.4) is 0 Å². The minimum atomic E-state index is -0.0624. The molecule has 0 spiro atoms. The first-order chi connectivity index (χ1) is 11.9. The van der Waals surface area contributed by atoms with Gasteiger partial charge in [0, 0.05) is 11.6 Å². The largest absolute Gasteiger partial charge is 0.159 e. The maximum Gasteiger partial charge on any atom is 0.0857 e. The first kappa shape index (κ1) is 19.1. The first-order valence-corrected chi connectivity index (χ1v) is 9.12. The van der Waals surface area contributed by atoms with Crippen LogP contribution in [0.25, 0.3) is 0 Å². The highest BCUT2D eigenvalue weighted by molar-refractivity contribution is 5.41. The molecule has 0 aliphatic carbocycles. The number of aryl methyl sites for hydroxylation is 1. The van der Waals surface area contributed by atoms with Crippen LogP contribution in [0.4, 0.5) is 5.69 Å². The van der Waals surface area contributed by atoms with Crippen molar-refractivity contribution in [1.29, 1.82) is 0 Å². The maximum atomic E-state index is 4.35. The van der Waals surface area contributed by atoms with Crippen molar-refractivity contribution in [3.63, 3.8) is 0 Å². The summed E-state index contributed by atoms with van der Waals surface area (Å²) in [7, 11) is 0. The zero-order chi connectivity index (χ0) is 18.4. The summed E-state index contributed by atoms with van der Waals surface area (Å²) in [6, 6.07) is 17.0. The molecule has 0 unspecified atom stereocenters. The number of allylic oxidation sites excluding steroid dienone is 1. The molecule has 132 valence electrons. The van der Waals surface area contributed by atoms with Crippen LogP contribution in [0.1, 0.15) is 64.2 Å². The second-order valence-corrected chi connectivity index (χ2v) is 7.41. The van der Waals surface area contributed by atoms with Gasteiger partial charge in [-0.15, -0.1) is 0 Å². The maximum absolute atomic E-state index is 4.35. The SMILES string of the molecule is CCc1ccccc1C(C)(C)/C(C)=C\N=Nc1ccc(C(C)C)cc1. The van der Waals surface area contributed by atoms with Gasteiger partial charge in [-0.05, 0) is 53.7 Å². The lowest BCUT2D eigenvalue weighted by molar-refractivity contribution is 0.613. The van der Waals surface area contributed by atoms with E-state index in [1.807, 2.05) is 18.3 Å². The molecule has 0 atom stereocenters. The summed E-state index contributed by atoms with van der Waals surface area (Å²) in [4.78, 5) is 0. The average Bonchev–Trinajstić information content (AvgIpc) is 2.61. The molecule has 0 radical (unpaired) electrons. The van der Waals surface area contributed by atoms with Gasteiger partial charge in [0.1, 0.15) is 0 Å². The van der Waals surface area contributed by atoms with Crippen molar-refractivity contribution in [2.75, 3.05) is 0 Å². The number of azo groups is 1. The van der Waals surface area contributed by atoms with E-state index in [4.69, 9.17) is 0 Å². The minimum Gasteiger partial charge on any atom is -0.159 e. The van der Waals surface area contributed by atoms with Crippen molar-refractivity contribution in [3.05, 3.63) is 77.0 Å². The Morgan fingerprint density at radius 3 is 2.28 bits per heavy atom. The van der Waals surface area contributed by atoms with Gasteiger partial charge in [-0.3, -0.25) is 0 Å². The Balaban J connectivity index is 2.19. The van der Waals surface area contributed by atoms with E-state index in [0.29, 0.717) is 5.92 Å².